The summed E-state index contributed by atoms with van der Waals surface area (Å²) in [5.41, 5.74) is 6.34. The van der Waals surface area contributed by atoms with Crippen molar-refractivity contribution in [2.45, 2.75) is 11.4 Å². The lowest BCUT2D eigenvalue weighted by atomic mass is 10.2. The van der Waals surface area contributed by atoms with Gasteiger partial charge in [-0.1, -0.05) is 18.2 Å². The number of phenolic OH excluding ortho intramolecular Hbond substituents is 1. The molecular weight excluding hydrogens is 364 g/mol. The number of thiol groups is 1. The number of methoxy groups -OCH3 is 1. The second kappa shape index (κ2) is 12.6. The maximum atomic E-state index is 10.3. The molecule has 0 radical (unpaired) electrons. The van der Waals surface area contributed by atoms with Crippen molar-refractivity contribution in [2.24, 2.45) is 5.73 Å². The molecule has 0 atom stereocenters. The number of carbonyl (C=O) groups is 1. The van der Waals surface area contributed by atoms with Crippen LogP contribution in [0.3, 0.4) is 0 Å². The number of anilines is 1. The third-order valence-electron chi connectivity index (χ3n) is 3.01. The van der Waals surface area contributed by atoms with E-state index in [9.17, 15) is 4.79 Å². The molecule has 0 amide bonds. The van der Waals surface area contributed by atoms with Gasteiger partial charge in [0.25, 0.3) is 0 Å². The molecule has 0 saturated heterocycles. The number of aromatic nitrogens is 2. The highest BCUT2D eigenvalue weighted by Crippen LogP contribution is 2.19. The first-order valence-electron chi connectivity index (χ1n) is 8.07. The molecule has 1 aromatic heterocycles. The minimum Gasteiger partial charge on any atom is -0.508 e. The molecule has 0 aliphatic carbocycles. The minimum atomic E-state index is 0.227. The second-order valence-corrected chi connectivity index (χ2v) is 5.70. The molecule has 3 rings (SSSR count). The van der Waals surface area contributed by atoms with E-state index in [1.165, 1.54) is 0 Å². The Balaban J connectivity index is 0.000000277. The van der Waals surface area contributed by atoms with E-state index in [4.69, 9.17) is 10.8 Å². The third-order valence-corrected chi connectivity index (χ3v) is 3.29. The van der Waals surface area contributed by atoms with Gasteiger partial charge in [0.15, 0.2) is 0 Å². The number of nitrogens with zero attached hydrogens (tertiary/aromatic N) is 2. The highest BCUT2D eigenvalue weighted by molar-refractivity contribution is 7.80. The molecule has 1 heterocycles. The smallest absolute Gasteiger partial charge is 0.144 e. The number of nitrogens with one attached hydrogen (secondary N) is 1. The van der Waals surface area contributed by atoms with Crippen LogP contribution in [-0.4, -0.2) is 42.1 Å². The van der Waals surface area contributed by atoms with E-state index in [1.54, 1.807) is 32.4 Å². The monoisotopic (exact) mass is 388 g/mol. The van der Waals surface area contributed by atoms with E-state index < -0.39 is 0 Å². The van der Waals surface area contributed by atoms with Gasteiger partial charge in [-0.15, -0.1) is 12.6 Å². The van der Waals surface area contributed by atoms with Crippen LogP contribution in [0, 0.1) is 0 Å². The van der Waals surface area contributed by atoms with Crippen LogP contribution in [0.25, 0.3) is 10.9 Å². The van der Waals surface area contributed by atoms with Gasteiger partial charge in [-0.05, 0) is 30.3 Å². The maximum absolute atomic E-state index is 10.3. The zero-order valence-electron chi connectivity index (χ0n) is 15.3. The van der Waals surface area contributed by atoms with Crippen LogP contribution in [0.1, 0.15) is 5.82 Å². The Bertz CT molecular complexity index is 829. The van der Waals surface area contributed by atoms with Crippen molar-refractivity contribution >= 4 is 35.6 Å². The van der Waals surface area contributed by atoms with Gasteiger partial charge in [0.2, 0.25) is 0 Å². The number of fused-ring (bicyclic) bond motifs is 1. The fourth-order valence-corrected chi connectivity index (χ4v) is 2.20. The predicted molar refractivity (Wildman–Crippen MR) is 110 cm³/mol. The Kier molecular flexibility index (Phi) is 10.5. The molecule has 8 heteroatoms. The summed E-state index contributed by atoms with van der Waals surface area (Å²) in [4.78, 5) is 19.7. The van der Waals surface area contributed by atoms with Crippen molar-refractivity contribution in [3.05, 3.63) is 54.4 Å². The number of carbonyl (C=O) groups excluding carboxylic acids is 1. The molecule has 0 fully saturated rings. The van der Waals surface area contributed by atoms with Gasteiger partial charge in [-0.25, -0.2) is 9.97 Å². The number of aldehydes is 1. The van der Waals surface area contributed by atoms with Crippen molar-refractivity contribution in [1.82, 2.24) is 9.97 Å². The fraction of sp³-hybridized carbons (Fsp3) is 0.211. The van der Waals surface area contributed by atoms with E-state index in [1.807, 2.05) is 30.3 Å². The molecule has 3 aromatic rings. The molecule has 0 spiro atoms. The lowest BCUT2D eigenvalue weighted by molar-refractivity contribution is -0.106. The summed E-state index contributed by atoms with van der Waals surface area (Å²) in [7, 11) is 3.25. The summed E-state index contributed by atoms with van der Waals surface area (Å²) in [6, 6.07) is 14.4. The highest BCUT2D eigenvalue weighted by Gasteiger charge is 2.05. The van der Waals surface area contributed by atoms with E-state index >= 15 is 0 Å². The quantitative estimate of drug-likeness (QED) is 0.402. The molecule has 144 valence electrons. The number of hydrogen-bond donors (Lipinski definition) is 4. The Morgan fingerprint density at radius 1 is 1.19 bits per heavy atom. The van der Waals surface area contributed by atoms with E-state index in [0.29, 0.717) is 11.6 Å². The molecule has 4 N–H and O–H groups in total. The Hall–Kier alpha value is -2.68. The molecule has 7 nitrogen and oxygen atoms in total. The van der Waals surface area contributed by atoms with Crippen molar-refractivity contribution in [3.8, 4) is 5.75 Å². The van der Waals surface area contributed by atoms with Gasteiger partial charge >= 0.3 is 0 Å². The molecule has 0 saturated carbocycles. The normalized spacial score (nSPS) is 9.48. The van der Waals surface area contributed by atoms with Gasteiger partial charge in [-0.3, -0.25) is 0 Å². The summed E-state index contributed by atoms with van der Waals surface area (Å²) >= 11 is 3.99. The summed E-state index contributed by atoms with van der Waals surface area (Å²) in [6.07, 6.45) is 0.791. The zero-order valence-corrected chi connectivity index (χ0v) is 16.2. The third kappa shape index (κ3) is 8.04. The second-order valence-electron chi connectivity index (χ2n) is 5.19. The fourth-order valence-electron chi connectivity index (χ4n) is 1.98. The molecular formula is C19H24N4O3S. The molecule has 0 unspecified atom stereocenters. The summed E-state index contributed by atoms with van der Waals surface area (Å²) in [6.45, 7) is 0.506. The first kappa shape index (κ1) is 22.4. The summed E-state index contributed by atoms with van der Waals surface area (Å²) < 4.78 is 4.25. The van der Waals surface area contributed by atoms with E-state index in [0.717, 1.165) is 22.1 Å². The average molecular weight is 388 g/mol. The first-order valence-corrected chi connectivity index (χ1v) is 8.51. The summed E-state index contributed by atoms with van der Waals surface area (Å²) in [5, 5.41) is 12.6. The number of nitrogens with two attached hydrogens (primary N) is 1. The largest absolute Gasteiger partial charge is 0.508 e. The minimum absolute atomic E-state index is 0.227. The molecule has 0 aliphatic heterocycles. The number of ether oxygens (including phenoxy) is 1. The molecule has 2 aromatic carbocycles. The number of aromatic hydroxyl groups is 1. The number of rotatable bonds is 4. The lowest BCUT2D eigenvalue weighted by Gasteiger charge is -2.07. The standard InChI is InChI=1S/C11H12N4O.C6H6OS.C2H6O/c12-7-10-14-9-4-2-1-3-8(9)11(15-10)13-5-6-16;7-5-2-1-3-6(8)4-5;1-3-2/h1-4,6H,5,7,12H2,(H,13,14,15);1-4,7-8H;1-2H3. The van der Waals surface area contributed by atoms with Gasteiger partial charge in [0, 0.05) is 24.5 Å². The SMILES string of the molecule is COC.NCc1nc(NCC=O)c2ccccc2n1.Oc1cccc(S)c1. The van der Waals surface area contributed by atoms with Gasteiger partial charge in [0.05, 0.1) is 18.6 Å². The van der Waals surface area contributed by atoms with Crippen LogP contribution < -0.4 is 11.1 Å². The maximum Gasteiger partial charge on any atom is 0.144 e. The molecule has 0 aliphatic rings. The van der Waals surface area contributed by atoms with E-state index in [2.05, 4.69) is 32.7 Å². The van der Waals surface area contributed by atoms with Crippen molar-refractivity contribution in [2.75, 3.05) is 26.1 Å². The van der Waals surface area contributed by atoms with Gasteiger partial charge in [-0.2, -0.15) is 0 Å². The molecule has 27 heavy (non-hydrogen) atoms. The number of hydrogen-bond acceptors (Lipinski definition) is 8. The van der Waals surface area contributed by atoms with Crippen molar-refractivity contribution in [3.63, 3.8) is 0 Å². The average Bonchev–Trinajstić information content (AvgIpc) is 2.67. The van der Waals surface area contributed by atoms with Crippen molar-refractivity contribution < 1.29 is 14.6 Å². The number of benzene rings is 2. The number of para-hydroxylation sites is 1. The van der Waals surface area contributed by atoms with Crippen LogP contribution in [0.15, 0.2) is 53.4 Å². The van der Waals surface area contributed by atoms with Gasteiger partial charge < -0.3 is 25.7 Å². The first-order chi connectivity index (χ1) is 13.0. The van der Waals surface area contributed by atoms with Crippen molar-refractivity contribution in [1.29, 1.82) is 0 Å². The zero-order chi connectivity index (χ0) is 20.1. The highest BCUT2D eigenvalue weighted by atomic mass is 32.1. The molecule has 0 bridgehead atoms. The summed E-state index contributed by atoms with van der Waals surface area (Å²) in [5.74, 6) is 1.47. The lowest BCUT2D eigenvalue weighted by Crippen LogP contribution is -2.09. The Labute approximate surface area is 164 Å². The Morgan fingerprint density at radius 3 is 2.44 bits per heavy atom. The van der Waals surface area contributed by atoms with Crippen LogP contribution in [-0.2, 0) is 16.1 Å². The van der Waals surface area contributed by atoms with Gasteiger partial charge in [0.1, 0.15) is 23.7 Å². The Morgan fingerprint density at radius 2 is 1.89 bits per heavy atom. The van der Waals surface area contributed by atoms with Crippen LogP contribution in [0.4, 0.5) is 5.82 Å². The number of phenols is 1. The topological polar surface area (TPSA) is 110 Å². The van der Waals surface area contributed by atoms with Crippen LogP contribution in [0.5, 0.6) is 5.75 Å². The van der Waals surface area contributed by atoms with Crippen LogP contribution in [0.2, 0.25) is 0 Å². The predicted octanol–water partition coefficient (Wildman–Crippen LogP) is 2.64. The van der Waals surface area contributed by atoms with Crippen LogP contribution >= 0.6 is 12.6 Å². The van der Waals surface area contributed by atoms with E-state index in [-0.39, 0.29) is 18.8 Å².